The molecule has 4 nitrogen and oxygen atoms in total. The Kier molecular flexibility index (Phi) is 7.00. The Balaban J connectivity index is 1.70. The molecule has 122 valence electrons. The molecule has 1 fully saturated rings. The normalized spacial score (nSPS) is 20.0. The maximum atomic E-state index is 6.16. The first-order valence-electron chi connectivity index (χ1n) is 8.09. The molecule has 1 atom stereocenters. The molecule has 1 saturated heterocycles. The zero-order valence-corrected chi connectivity index (χ0v) is 14.4. The summed E-state index contributed by atoms with van der Waals surface area (Å²) in [7, 11) is 1.80. The SMILES string of the molecule is CN=C(NCCN1CCCC(C)C1)NCc1ccccc1Cl. The fraction of sp³-hybridized carbons (Fsp3) is 0.588. The van der Waals surface area contributed by atoms with Crippen molar-refractivity contribution in [2.75, 3.05) is 33.2 Å². The lowest BCUT2D eigenvalue weighted by atomic mass is 10.0. The Morgan fingerprint density at radius 1 is 1.36 bits per heavy atom. The van der Waals surface area contributed by atoms with Gasteiger partial charge in [-0.3, -0.25) is 4.99 Å². The van der Waals surface area contributed by atoms with Gasteiger partial charge < -0.3 is 15.5 Å². The Morgan fingerprint density at radius 2 is 2.18 bits per heavy atom. The van der Waals surface area contributed by atoms with Gasteiger partial charge in [-0.05, 0) is 36.9 Å². The molecule has 1 aliphatic rings. The van der Waals surface area contributed by atoms with Crippen molar-refractivity contribution < 1.29 is 0 Å². The molecule has 0 spiro atoms. The minimum atomic E-state index is 0.681. The molecule has 1 heterocycles. The number of nitrogens with one attached hydrogen (secondary N) is 2. The predicted molar refractivity (Wildman–Crippen MR) is 94.5 cm³/mol. The molecule has 2 N–H and O–H groups in total. The molecule has 0 aromatic heterocycles. The molecular weight excluding hydrogens is 296 g/mol. The molecule has 0 bridgehead atoms. The van der Waals surface area contributed by atoms with Crippen LogP contribution in [-0.4, -0.2) is 44.1 Å². The highest BCUT2D eigenvalue weighted by Crippen LogP contribution is 2.15. The fourth-order valence-electron chi connectivity index (χ4n) is 2.86. The first-order chi connectivity index (χ1) is 10.7. The average molecular weight is 323 g/mol. The van der Waals surface area contributed by atoms with Crippen LogP contribution < -0.4 is 10.6 Å². The number of likely N-dealkylation sites (tertiary alicyclic amines) is 1. The summed E-state index contributed by atoms with van der Waals surface area (Å²) in [6.45, 7) is 7.43. The van der Waals surface area contributed by atoms with E-state index in [1.54, 1.807) is 7.05 Å². The van der Waals surface area contributed by atoms with Crippen molar-refractivity contribution in [3.63, 3.8) is 0 Å². The van der Waals surface area contributed by atoms with E-state index in [1.165, 1.54) is 25.9 Å². The van der Waals surface area contributed by atoms with Crippen LogP contribution in [0.4, 0.5) is 0 Å². The standard InChI is InChI=1S/C17H27ClN4/c1-14-6-5-10-22(13-14)11-9-20-17(19-2)21-12-15-7-3-4-8-16(15)18/h3-4,7-8,14H,5-6,9-13H2,1-2H3,(H2,19,20,21). The number of rotatable bonds is 5. The van der Waals surface area contributed by atoms with Crippen molar-refractivity contribution in [2.45, 2.75) is 26.3 Å². The number of nitrogens with zero attached hydrogens (tertiary/aromatic N) is 2. The largest absolute Gasteiger partial charge is 0.355 e. The van der Waals surface area contributed by atoms with E-state index in [1.807, 2.05) is 24.3 Å². The summed E-state index contributed by atoms with van der Waals surface area (Å²) in [5.74, 6) is 1.65. The maximum absolute atomic E-state index is 6.16. The van der Waals surface area contributed by atoms with Gasteiger partial charge in [0.15, 0.2) is 5.96 Å². The molecule has 0 amide bonds. The molecular formula is C17H27ClN4. The summed E-state index contributed by atoms with van der Waals surface area (Å²) in [4.78, 5) is 6.79. The summed E-state index contributed by atoms with van der Waals surface area (Å²) >= 11 is 6.16. The third kappa shape index (κ3) is 5.50. The summed E-state index contributed by atoms with van der Waals surface area (Å²) < 4.78 is 0. The van der Waals surface area contributed by atoms with Gasteiger partial charge in [-0.25, -0.2) is 0 Å². The minimum absolute atomic E-state index is 0.681. The fourth-order valence-corrected chi connectivity index (χ4v) is 3.07. The van der Waals surface area contributed by atoms with Crippen LogP contribution in [0, 0.1) is 5.92 Å². The number of guanidine groups is 1. The number of hydrogen-bond donors (Lipinski definition) is 2. The van der Waals surface area contributed by atoms with Crippen LogP contribution in [-0.2, 0) is 6.54 Å². The van der Waals surface area contributed by atoms with E-state index in [2.05, 4.69) is 27.4 Å². The Morgan fingerprint density at radius 3 is 2.91 bits per heavy atom. The van der Waals surface area contributed by atoms with Crippen LogP contribution in [0.15, 0.2) is 29.3 Å². The number of aliphatic imine (C=N–C) groups is 1. The Bertz CT molecular complexity index is 489. The zero-order chi connectivity index (χ0) is 15.8. The molecule has 2 rings (SSSR count). The van der Waals surface area contributed by atoms with Gasteiger partial charge in [0.05, 0.1) is 0 Å². The predicted octanol–water partition coefficient (Wildman–Crippen LogP) is 2.74. The number of hydrogen-bond acceptors (Lipinski definition) is 2. The van der Waals surface area contributed by atoms with Gasteiger partial charge >= 0.3 is 0 Å². The lowest BCUT2D eigenvalue weighted by Crippen LogP contribution is -2.43. The number of halogens is 1. The highest BCUT2D eigenvalue weighted by molar-refractivity contribution is 6.31. The second-order valence-corrected chi connectivity index (χ2v) is 6.40. The van der Waals surface area contributed by atoms with Crippen molar-refractivity contribution >= 4 is 17.6 Å². The van der Waals surface area contributed by atoms with Crippen LogP contribution in [0.5, 0.6) is 0 Å². The lowest BCUT2D eigenvalue weighted by molar-refractivity contribution is 0.187. The summed E-state index contributed by atoms with van der Waals surface area (Å²) in [6, 6.07) is 7.87. The highest BCUT2D eigenvalue weighted by Gasteiger charge is 2.15. The smallest absolute Gasteiger partial charge is 0.191 e. The van der Waals surface area contributed by atoms with Crippen LogP contribution in [0.1, 0.15) is 25.3 Å². The van der Waals surface area contributed by atoms with Crippen LogP contribution in [0.3, 0.4) is 0 Å². The molecule has 0 saturated carbocycles. The van der Waals surface area contributed by atoms with Crippen LogP contribution in [0.2, 0.25) is 5.02 Å². The van der Waals surface area contributed by atoms with Crippen LogP contribution >= 0.6 is 11.6 Å². The van der Waals surface area contributed by atoms with E-state index in [0.29, 0.717) is 6.54 Å². The number of piperidine rings is 1. The maximum Gasteiger partial charge on any atom is 0.191 e. The third-order valence-corrected chi connectivity index (χ3v) is 4.46. The molecule has 1 aromatic carbocycles. The van der Waals surface area contributed by atoms with Crippen molar-refractivity contribution in [1.29, 1.82) is 0 Å². The van der Waals surface area contributed by atoms with Crippen molar-refractivity contribution in [1.82, 2.24) is 15.5 Å². The molecule has 0 aliphatic carbocycles. The Labute approximate surface area is 138 Å². The summed E-state index contributed by atoms with van der Waals surface area (Å²) in [5, 5.41) is 7.47. The topological polar surface area (TPSA) is 39.7 Å². The zero-order valence-electron chi connectivity index (χ0n) is 13.6. The molecule has 1 aliphatic heterocycles. The Hall–Kier alpha value is -1.26. The van der Waals surface area contributed by atoms with Gasteiger partial charge in [0.2, 0.25) is 0 Å². The monoisotopic (exact) mass is 322 g/mol. The molecule has 1 unspecified atom stereocenters. The van der Waals surface area contributed by atoms with Gasteiger partial charge in [0.1, 0.15) is 0 Å². The number of benzene rings is 1. The van der Waals surface area contributed by atoms with E-state index in [-0.39, 0.29) is 0 Å². The quantitative estimate of drug-likeness (QED) is 0.647. The van der Waals surface area contributed by atoms with E-state index in [4.69, 9.17) is 11.6 Å². The van der Waals surface area contributed by atoms with E-state index in [9.17, 15) is 0 Å². The van der Waals surface area contributed by atoms with Crippen molar-refractivity contribution in [3.8, 4) is 0 Å². The van der Waals surface area contributed by atoms with Crippen LogP contribution in [0.25, 0.3) is 0 Å². The third-order valence-electron chi connectivity index (χ3n) is 4.09. The first kappa shape index (κ1) is 17.1. The lowest BCUT2D eigenvalue weighted by Gasteiger charge is -2.30. The van der Waals surface area contributed by atoms with Gasteiger partial charge in [-0.2, -0.15) is 0 Å². The second-order valence-electron chi connectivity index (χ2n) is 5.99. The van der Waals surface area contributed by atoms with E-state index >= 15 is 0 Å². The molecule has 5 heteroatoms. The summed E-state index contributed by atoms with van der Waals surface area (Å²) in [6.07, 6.45) is 2.69. The van der Waals surface area contributed by atoms with Crippen molar-refractivity contribution in [2.24, 2.45) is 10.9 Å². The second kappa shape index (κ2) is 9.01. The summed E-state index contributed by atoms with van der Waals surface area (Å²) in [5.41, 5.74) is 1.08. The first-order valence-corrected chi connectivity index (χ1v) is 8.47. The highest BCUT2D eigenvalue weighted by atomic mass is 35.5. The van der Waals surface area contributed by atoms with E-state index < -0.39 is 0 Å². The van der Waals surface area contributed by atoms with E-state index in [0.717, 1.165) is 35.6 Å². The van der Waals surface area contributed by atoms with Gasteiger partial charge in [-0.15, -0.1) is 0 Å². The minimum Gasteiger partial charge on any atom is -0.355 e. The van der Waals surface area contributed by atoms with Crippen molar-refractivity contribution in [3.05, 3.63) is 34.9 Å². The van der Waals surface area contributed by atoms with Gasteiger partial charge in [-0.1, -0.05) is 36.7 Å². The molecule has 22 heavy (non-hydrogen) atoms. The molecule has 1 aromatic rings. The van der Waals surface area contributed by atoms with Gasteiger partial charge in [0.25, 0.3) is 0 Å². The molecule has 0 radical (unpaired) electrons. The van der Waals surface area contributed by atoms with Gasteiger partial charge in [0, 0.05) is 38.2 Å². The average Bonchev–Trinajstić information content (AvgIpc) is 2.52.